The van der Waals surface area contributed by atoms with Crippen molar-refractivity contribution < 1.29 is 5.21 Å². The van der Waals surface area contributed by atoms with Crippen LogP contribution in [0.1, 0.15) is 31.2 Å². The van der Waals surface area contributed by atoms with Gasteiger partial charge in [-0.05, 0) is 37.3 Å². The van der Waals surface area contributed by atoms with Crippen molar-refractivity contribution in [3.63, 3.8) is 0 Å². The summed E-state index contributed by atoms with van der Waals surface area (Å²) in [5.74, 6) is 0. The molecule has 0 saturated heterocycles. The van der Waals surface area contributed by atoms with E-state index in [1.54, 1.807) is 12.1 Å². The number of hydrogen-bond acceptors (Lipinski definition) is 3. The van der Waals surface area contributed by atoms with Crippen LogP contribution in [0.3, 0.4) is 0 Å². The van der Waals surface area contributed by atoms with Crippen LogP contribution in [0, 0.1) is 0 Å². The lowest BCUT2D eigenvalue weighted by Crippen LogP contribution is -2.34. The molecule has 122 valence electrons. The van der Waals surface area contributed by atoms with Crippen LogP contribution < -0.4 is 10.8 Å². The maximum atomic E-state index is 9.78. The van der Waals surface area contributed by atoms with E-state index in [0.717, 1.165) is 37.0 Å². The van der Waals surface area contributed by atoms with Gasteiger partial charge in [0.1, 0.15) is 0 Å². The Morgan fingerprint density at radius 2 is 1.87 bits per heavy atom. The second kappa shape index (κ2) is 7.66. The van der Waals surface area contributed by atoms with Crippen molar-refractivity contribution in [1.82, 2.24) is 10.0 Å². The average molecular weight is 332 g/mol. The Morgan fingerprint density at radius 1 is 1.13 bits per heavy atom. The molecule has 0 amide bonds. The topological polar surface area (TPSA) is 49.5 Å². The fourth-order valence-corrected chi connectivity index (χ4v) is 3.16. The molecule has 1 heterocycles. The van der Waals surface area contributed by atoms with Gasteiger partial charge in [0.05, 0.1) is 6.04 Å². The van der Waals surface area contributed by atoms with Crippen molar-refractivity contribution in [2.45, 2.75) is 44.3 Å². The molecule has 2 N–H and O–H groups in total. The van der Waals surface area contributed by atoms with E-state index < -0.39 is 0 Å². The molecular weight excluding hydrogens is 310 g/mol. The molecule has 1 fully saturated rings. The molecule has 4 nitrogen and oxygen atoms in total. The second-order valence-corrected chi connectivity index (χ2v) is 6.49. The third-order valence-corrected chi connectivity index (χ3v) is 4.56. The Bertz CT molecular complexity index is 691. The van der Waals surface area contributed by atoms with Gasteiger partial charge in [-0.3, -0.25) is 4.99 Å². The molecule has 0 bridgehead atoms. The van der Waals surface area contributed by atoms with Gasteiger partial charge in [-0.25, -0.2) is 0 Å². The Balaban J connectivity index is 1.53. The minimum Gasteiger partial charge on any atom is -0.427 e. The van der Waals surface area contributed by atoms with E-state index in [4.69, 9.17) is 11.6 Å². The second-order valence-electron chi connectivity index (χ2n) is 6.05. The number of halogens is 1. The molecule has 1 aromatic heterocycles. The summed E-state index contributed by atoms with van der Waals surface area (Å²) in [7, 11) is 0. The van der Waals surface area contributed by atoms with Gasteiger partial charge in [-0.2, -0.15) is 4.73 Å². The van der Waals surface area contributed by atoms with E-state index in [1.807, 2.05) is 6.07 Å². The summed E-state index contributed by atoms with van der Waals surface area (Å²) in [6.07, 6.45) is 5.78. The molecule has 2 aromatic rings. The van der Waals surface area contributed by atoms with Gasteiger partial charge in [0.15, 0.2) is 5.49 Å². The molecule has 0 unspecified atom stereocenters. The molecule has 0 radical (unpaired) electrons. The number of pyridine rings is 1. The Morgan fingerprint density at radius 3 is 2.61 bits per heavy atom. The standard InChI is InChI=1S/C18H22ClN3O/c19-15-10-11-22(23)18(12-15)21-17-8-6-16(7-9-17)20-13-14-4-2-1-3-5-14/h1-5,10-12,16-17,20,23H,6-9,13H2. The van der Waals surface area contributed by atoms with E-state index in [2.05, 4.69) is 34.6 Å². The molecule has 1 saturated carbocycles. The Hall–Kier alpha value is -1.78. The summed E-state index contributed by atoms with van der Waals surface area (Å²) in [4.78, 5) is 4.63. The summed E-state index contributed by atoms with van der Waals surface area (Å²) in [5.41, 5.74) is 1.85. The van der Waals surface area contributed by atoms with E-state index in [9.17, 15) is 5.21 Å². The SMILES string of the molecule is On1ccc(Cl)cc1=NC1CCC(NCc2ccccc2)CC1. The molecule has 5 heteroatoms. The molecule has 1 aliphatic rings. The highest BCUT2D eigenvalue weighted by Crippen LogP contribution is 2.21. The maximum Gasteiger partial charge on any atom is 0.165 e. The predicted octanol–water partition coefficient (Wildman–Crippen LogP) is 3.38. The van der Waals surface area contributed by atoms with Crippen molar-refractivity contribution in [2.24, 2.45) is 4.99 Å². The highest BCUT2D eigenvalue weighted by atomic mass is 35.5. The first kappa shape index (κ1) is 16.1. The van der Waals surface area contributed by atoms with E-state index in [-0.39, 0.29) is 6.04 Å². The summed E-state index contributed by atoms with van der Waals surface area (Å²) >= 11 is 5.96. The van der Waals surface area contributed by atoms with Crippen molar-refractivity contribution >= 4 is 11.6 Å². The van der Waals surface area contributed by atoms with Gasteiger partial charge in [-0.1, -0.05) is 41.9 Å². The first-order chi connectivity index (χ1) is 11.2. The zero-order valence-electron chi connectivity index (χ0n) is 13.0. The lowest BCUT2D eigenvalue weighted by atomic mass is 9.91. The van der Waals surface area contributed by atoms with Gasteiger partial charge in [0.2, 0.25) is 0 Å². The smallest absolute Gasteiger partial charge is 0.165 e. The molecule has 0 spiro atoms. The third-order valence-electron chi connectivity index (χ3n) is 4.33. The number of rotatable bonds is 4. The van der Waals surface area contributed by atoms with Crippen LogP contribution in [0.5, 0.6) is 0 Å². The monoisotopic (exact) mass is 331 g/mol. The first-order valence-electron chi connectivity index (χ1n) is 8.09. The van der Waals surface area contributed by atoms with Gasteiger partial charge >= 0.3 is 0 Å². The minimum atomic E-state index is 0.252. The van der Waals surface area contributed by atoms with Crippen molar-refractivity contribution in [3.8, 4) is 0 Å². The summed E-state index contributed by atoms with van der Waals surface area (Å²) < 4.78 is 1.03. The Labute approximate surface area is 141 Å². The zero-order valence-corrected chi connectivity index (χ0v) is 13.8. The van der Waals surface area contributed by atoms with Gasteiger partial charge in [-0.15, -0.1) is 0 Å². The van der Waals surface area contributed by atoms with Crippen LogP contribution in [0.25, 0.3) is 0 Å². The van der Waals surface area contributed by atoms with Gasteiger partial charge in [0, 0.05) is 29.9 Å². The fraction of sp³-hybridized carbons (Fsp3) is 0.389. The molecule has 23 heavy (non-hydrogen) atoms. The van der Waals surface area contributed by atoms with Crippen LogP contribution in [-0.4, -0.2) is 22.0 Å². The zero-order chi connectivity index (χ0) is 16.1. The van der Waals surface area contributed by atoms with E-state index >= 15 is 0 Å². The Kier molecular flexibility index (Phi) is 5.36. The summed E-state index contributed by atoms with van der Waals surface area (Å²) in [5, 5.41) is 14.0. The summed E-state index contributed by atoms with van der Waals surface area (Å²) in [6, 6.07) is 14.6. The number of hydrogen-bond donors (Lipinski definition) is 2. The van der Waals surface area contributed by atoms with Crippen LogP contribution in [0.4, 0.5) is 0 Å². The fourth-order valence-electron chi connectivity index (χ4n) is 3.01. The lowest BCUT2D eigenvalue weighted by Gasteiger charge is -2.27. The molecular formula is C18H22ClN3O. The number of aromatic nitrogens is 1. The molecule has 0 aliphatic heterocycles. The predicted molar refractivity (Wildman–Crippen MR) is 91.5 cm³/mol. The average Bonchev–Trinajstić information content (AvgIpc) is 2.58. The van der Waals surface area contributed by atoms with Gasteiger partial charge < -0.3 is 10.5 Å². The molecule has 1 aromatic carbocycles. The van der Waals surface area contributed by atoms with Crippen LogP contribution in [0.2, 0.25) is 5.02 Å². The maximum absolute atomic E-state index is 9.78. The highest BCUT2D eigenvalue weighted by Gasteiger charge is 2.20. The molecule has 3 rings (SSSR count). The third kappa shape index (κ3) is 4.60. The van der Waals surface area contributed by atoms with E-state index in [0.29, 0.717) is 16.6 Å². The van der Waals surface area contributed by atoms with Crippen LogP contribution in [0.15, 0.2) is 53.7 Å². The van der Waals surface area contributed by atoms with Crippen LogP contribution in [-0.2, 0) is 6.54 Å². The first-order valence-corrected chi connectivity index (χ1v) is 8.47. The van der Waals surface area contributed by atoms with Crippen molar-refractivity contribution in [1.29, 1.82) is 0 Å². The molecule has 0 atom stereocenters. The lowest BCUT2D eigenvalue weighted by molar-refractivity contribution is 0.169. The largest absolute Gasteiger partial charge is 0.427 e. The van der Waals surface area contributed by atoms with Crippen molar-refractivity contribution in [3.05, 3.63) is 64.7 Å². The quantitative estimate of drug-likeness (QED) is 0.844. The number of benzene rings is 1. The summed E-state index contributed by atoms with van der Waals surface area (Å²) in [6.45, 7) is 0.915. The van der Waals surface area contributed by atoms with Crippen molar-refractivity contribution in [2.75, 3.05) is 0 Å². The van der Waals surface area contributed by atoms with Crippen LogP contribution >= 0.6 is 11.6 Å². The van der Waals surface area contributed by atoms with E-state index in [1.165, 1.54) is 11.8 Å². The molecule has 1 aliphatic carbocycles. The minimum absolute atomic E-state index is 0.252. The van der Waals surface area contributed by atoms with Gasteiger partial charge in [0.25, 0.3) is 0 Å². The number of nitrogens with one attached hydrogen (secondary N) is 1. The normalized spacial score (nSPS) is 22.2. The highest BCUT2D eigenvalue weighted by molar-refractivity contribution is 6.30. The number of nitrogens with zero attached hydrogens (tertiary/aromatic N) is 2.